The number of nitrogens with zero attached hydrogens (tertiary/aromatic N) is 1. The van der Waals surface area contributed by atoms with Crippen LogP contribution in [0.3, 0.4) is 0 Å². The second kappa shape index (κ2) is 4.16. The summed E-state index contributed by atoms with van der Waals surface area (Å²) in [4.78, 5) is 13.9. The molecule has 0 aromatic carbocycles. The molecule has 2 rings (SSSR count). The zero-order valence-corrected chi connectivity index (χ0v) is 11.1. The van der Waals surface area contributed by atoms with Gasteiger partial charge in [0, 0.05) is 18.0 Å². The van der Waals surface area contributed by atoms with Gasteiger partial charge in [0.15, 0.2) is 0 Å². The Hall–Kier alpha value is -0.770. The van der Waals surface area contributed by atoms with E-state index < -0.39 is 5.60 Å². The molecule has 2 aliphatic rings. The van der Waals surface area contributed by atoms with Gasteiger partial charge in [-0.05, 0) is 40.0 Å². The van der Waals surface area contributed by atoms with Crippen molar-refractivity contribution in [3.8, 4) is 0 Å². The summed E-state index contributed by atoms with van der Waals surface area (Å²) in [5, 5.41) is 9.68. The molecule has 2 fully saturated rings. The second-order valence-corrected chi connectivity index (χ2v) is 6.22. The van der Waals surface area contributed by atoms with E-state index in [2.05, 4.69) is 6.92 Å². The molecule has 4 atom stereocenters. The molecule has 98 valence electrons. The van der Waals surface area contributed by atoms with E-state index in [0.29, 0.717) is 12.3 Å². The third kappa shape index (κ3) is 2.28. The Morgan fingerprint density at radius 2 is 2.06 bits per heavy atom. The van der Waals surface area contributed by atoms with Crippen LogP contribution in [0.25, 0.3) is 0 Å². The Kier molecular flexibility index (Phi) is 3.10. The molecule has 1 aliphatic heterocycles. The third-order valence-corrected chi connectivity index (χ3v) is 3.78. The molecule has 0 spiro atoms. The monoisotopic (exact) mass is 241 g/mol. The van der Waals surface area contributed by atoms with Gasteiger partial charge in [0.25, 0.3) is 0 Å². The smallest absolute Gasteiger partial charge is 0.410 e. The summed E-state index contributed by atoms with van der Waals surface area (Å²) in [7, 11) is 0. The van der Waals surface area contributed by atoms with Crippen molar-refractivity contribution in [1.29, 1.82) is 0 Å². The highest BCUT2D eigenvalue weighted by molar-refractivity contribution is 5.70. The maximum absolute atomic E-state index is 12.1. The zero-order chi connectivity index (χ0) is 12.8. The Labute approximate surface area is 103 Å². The lowest BCUT2D eigenvalue weighted by atomic mass is 9.81. The van der Waals surface area contributed by atoms with Crippen molar-refractivity contribution in [3.63, 3.8) is 0 Å². The van der Waals surface area contributed by atoms with Crippen LogP contribution in [-0.2, 0) is 4.74 Å². The molecule has 0 bridgehead atoms. The quantitative estimate of drug-likeness (QED) is 0.765. The van der Waals surface area contributed by atoms with Gasteiger partial charge in [0.05, 0.1) is 6.10 Å². The van der Waals surface area contributed by atoms with Gasteiger partial charge in [0.1, 0.15) is 5.60 Å². The van der Waals surface area contributed by atoms with Gasteiger partial charge in [-0.2, -0.15) is 0 Å². The number of aliphatic hydroxyl groups is 1. The highest BCUT2D eigenvalue weighted by Crippen LogP contribution is 2.46. The summed E-state index contributed by atoms with van der Waals surface area (Å²) < 4.78 is 5.42. The van der Waals surface area contributed by atoms with E-state index in [0.717, 1.165) is 12.8 Å². The second-order valence-electron chi connectivity index (χ2n) is 6.22. The number of fused-ring (bicyclic) bond motifs is 1. The van der Waals surface area contributed by atoms with E-state index in [-0.39, 0.29) is 24.3 Å². The summed E-state index contributed by atoms with van der Waals surface area (Å²) in [5.74, 6) is 0.475. The predicted molar refractivity (Wildman–Crippen MR) is 64.7 cm³/mol. The fraction of sp³-hybridized carbons (Fsp3) is 0.923. The molecular formula is C13H23NO3. The average Bonchev–Trinajstić information content (AvgIpc) is 2.44. The van der Waals surface area contributed by atoms with E-state index in [4.69, 9.17) is 4.74 Å². The van der Waals surface area contributed by atoms with E-state index in [1.165, 1.54) is 0 Å². The SMILES string of the molecule is CCC1C2CC(O)CC2N1C(=O)OC(C)(C)C. The molecule has 1 aliphatic carbocycles. The number of hydrogen-bond donors (Lipinski definition) is 1. The third-order valence-electron chi connectivity index (χ3n) is 3.78. The summed E-state index contributed by atoms with van der Waals surface area (Å²) in [6, 6.07) is 0.455. The van der Waals surface area contributed by atoms with Crippen LogP contribution in [0, 0.1) is 5.92 Å². The Balaban J connectivity index is 2.03. The summed E-state index contributed by atoms with van der Waals surface area (Å²) in [5.41, 5.74) is -0.447. The Morgan fingerprint density at radius 1 is 1.41 bits per heavy atom. The first kappa shape index (κ1) is 12.7. The van der Waals surface area contributed by atoms with E-state index >= 15 is 0 Å². The van der Waals surface area contributed by atoms with Crippen LogP contribution in [0.2, 0.25) is 0 Å². The predicted octanol–water partition coefficient (Wildman–Crippen LogP) is 2.16. The summed E-state index contributed by atoms with van der Waals surface area (Å²) in [6.45, 7) is 7.73. The molecule has 0 aromatic heterocycles. The molecule has 1 heterocycles. The lowest BCUT2D eigenvalue weighted by molar-refractivity contribution is -0.0584. The van der Waals surface area contributed by atoms with Crippen LogP contribution in [0.5, 0.6) is 0 Å². The van der Waals surface area contributed by atoms with Gasteiger partial charge in [-0.1, -0.05) is 6.92 Å². The molecule has 17 heavy (non-hydrogen) atoms. The number of rotatable bonds is 1. The van der Waals surface area contributed by atoms with E-state index in [1.54, 1.807) is 0 Å². The van der Waals surface area contributed by atoms with Crippen LogP contribution in [-0.4, -0.2) is 39.9 Å². The lowest BCUT2D eigenvalue weighted by Gasteiger charge is -2.51. The number of carbonyl (C=O) groups is 1. The first-order valence-corrected chi connectivity index (χ1v) is 6.53. The number of aliphatic hydroxyl groups excluding tert-OH is 1. The van der Waals surface area contributed by atoms with Crippen molar-refractivity contribution in [2.45, 2.75) is 70.7 Å². The average molecular weight is 241 g/mol. The van der Waals surface area contributed by atoms with Gasteiger partial charge in [-0.25, -0.2) is 4.79 Å². The Morgan fingerprint density at radius 3 is 2.59 bits per heavy atom. The molecule has 0 radical (unpaired) electrons. The summed E-state index contributed by atoms with van der Waals surface area (Å²) >= 11 is 0. The molecule has 1 saturated heterocycles. The first-order chi connectivity index (χ1) is 7.83. The van der Waals surface area contributed by atoms with Gasteiger partial charge < -0.3 is 14.7 Å². The van der Waals surface area contributed by atoms with Crippen molar-refractivity contribution in [3.05, 3.63) is 0 Å². The standard InChI is InChI=1S/C13H23NO3/c1-5-10-9-6-8(15)7-11(9)14(10)12(16)17-13(2,3)4/h8-11,15H,5-7H2,1-4H3. The maximum atomic E-state index is 12.1. The van der Waals surface area contributed by atoms with E-state index in [9.17, 15) is 9.90 Å². The minimum absolute atomic E-state index is 0.199. The number of ether oxygens (including phenoxy) is 1. The molecular weight excluding hydrogens is 218 g/mol. The van der Waals surface area contributed by atoms with Crippen molar-refractivity contribution in [1.82, 2.24) is 4.90 Å². The van der Waals surface area contributed by atoms with E-state index in [1.807, 2.05) is 25.7 Å². The maximum Gasteiger partial charge on any atom is 0.410 e. The van der Waals surface area contributed by atoms with Crippen LogP contribution in [0.4, 0.5) is 4.79 Å². The fourth-order valence-electron chi connectivity index (χ4n) is 3.19. The van der Waals surface area contributed by atoms with Crippen molar-refractivity contribution in [2.24, 2.45) is 5.92 Å². The number of carbonyl (C=O) groups excluding carboxylic acids is 1. The van der Waals surface area contributed by atoms with Gasteiger partial charge in [0.2, 0.25) is 0 Å². The number of hydrogen-bond acceptors (Lipinski definition) is 3. The van der Waals surface area contributed by atoms with Gasteiger partial charge in [-0.3, -0.25) is 0 Å². The molecule has 1 saturated carbocycles. The van der Waals surface area contributed by atoms with Gasteiger partial charge in [-0.15, -0.1) is 0 Å². The molecule has 1 N–H and O–H groups in total. The zero-order valence-electron chi connectivity index (χ0n) is 11.1. The van der Waals surface area contributed by atoms with Crippen LogP contribution < -0.4 is 0 Å². The van der Waals surface area contributed by atoms with Crippen molar-refractivity contribution < 1.29 is 14.6 Å². The molecule has 4 nitrogen and oxygen atoms in total. The molecule has 4 unspecified atom stereocenters. The fourth-order valence-corrected chi connectivity index (χ4v) is 3.19. The summed E-state index contributed by atoms with van der Waals surface area (Å²) in [6.07, 6.45) is 2.02. The first-order valence-electron chi connectivity index (χ1n) is 6.53. The van der Waals surface area contributed by atoms with Crippen LogP contribution in [0.1, 0.15) is 47.0 Å². The minimum atomic E-state index is -0.447. The largest absolute Gasteiger partial charge is 0.444 e. The Bertz CT molecular complexity index is 304. The number of likely N-dealkylation sites (tertiary alicyclic amines) is 1. The molecule has 4 heteroatoms. The van der Waals surface area contributed by atoms with Crippen molar-refractivity contribution >= 4 is 6.09 Å². The van der Waals surface area contributed by atoms with Gasteiger partial charge >= 0.3 is 6.09 Å². The van der Waals surface area contributed by atoms with Crippen molar-refractivity contribution in [2.75, 3.05) is 0 Å². The minimum Gasteiger partial charge on any atom is -0.444 e. The normalized spacial score (nSPS) is 36.4. The number of amides is 1. The topological polar surface area (TPSA) is 49.8 Å². The highest BCUT2D eigenvalue weighted by atomic mass is 16.6. The van der Waals surface area contributed by atoms with Crippen LogP contribution >= 0.6 is 0 Å². The highest BCUT2D eigenvalue weighted by Gasteiger charge is 2.55. The molecule has 0 aromatic rings. The van der Waals surface area contributed by atoms with Crippen LogP contribution in [0.15, 0.2) is 0 Å². The lowest BCUT2D eigenvalue weighted by Crippen LogP contribution is -2.64. The molecule has 1 amide bonds.